The summed E-state index contributed by atoms with van der Waals surface area (Å²) in [4.78, 5) is 28.8. The van der Waals surface area contributed by atoms with Crippen molar-refractivity contribution >= 4 is 23.4 Å². The number of hydrogen-bond donors (Lipinski definition) is 1. The molecule has 196 valence electrons. The van der Waals surface area contributed by atoms with Gasteiger partial charge in [0.15, 0.2) is 6.61 Å². The Bertz CT molecular complexity index is 1170. The van der Waals surface area contributed by atoms with Crippen LogP contribution >= 0.6 is 11.6 Å². The average molecular weight is 521 g/mol. The summed E-state index contributed by atoms with van der Waals surface area (Å²) < 4.78 is 5.88. The van der Waals surface area contributed by atoms with Crippen LogP contribution in [0.4, 0.5) is 0 Å². The van der Waals surface area contributed by atoms with Gasteiger partial charge in [0.05, 0.1) is 0 Å². The highest BCUT2D eigenvalue weighted by Crippen LogP contribution is 2.22. The van der Waals surface area contributed by atoms with E-state index in [0.29, 0.717) is 23.1 Å². The van der Waals surface area contributed by atoms with Crippen LogP contribution in [-0.2, 0) is 22.6 Å². The largest absolute Gasteiger partial charge is 0.484 e. The van der Waals surface area contributed by atoms with Gasteiger partial charge in [-0.2, -0.15) is 0 Å². The zero-order valence-electron chi connectivity index (χ0n) is 22.3. The number of halogens is 1. The Morgan fingerprint density at radius 2 is 1.54 bits per heavy atom. The lowest BCUT2D eigenvalue weighted by atomic mass is 10.0. The molecule has 0 saturated heterocycles. The third-order valence-electron chi connectivity index (χ3n) is 5.98. The number of amides is 2. The first-order valence-corrected chi connectivity index (χ1v) is 13.0. The molecular formula is C31H37ClN2O3. The predicted molar refractivity (Wildman–Crippen MR) is 150 cm³/mol. The zero-order chi connectivity index (χ0) is 27.0. The zero-order valence-corrected chi connectivity index (χ0v) is 23.1. The standard InChI is InChI=1S/C31H37ClN2O3/c1-22(2)24-15-17-26(18-16-24)37-21-29(35)34(20-25-13-9-10-14-27(25)32)28(30(36)33-31(3,4)5)19-23-11-7-6-8-12-23/h6-18,22,28H,19-21H2,1-5H3,(H,33,36)/t28-/m0/s1. The lowest BCUT2D eigenvalue weighted by Crippen LogP contribution is -2.55. The van der Waals surface area contributed by atoms with Gasteiger partial charge in [0.1, 0.15) is 11.8 Å². The second-order valence-corrected chi connectivity index (χ2v) is 11.0. The summed E-state index contributed by atoms with van der Waals surface area (Å²) in [5, 5.41) is 3.60. The SMILES string of the molecule is CC(C)c1ccc(OCC(=O)N(Cc2ccccc2Cl)[C@@H](Cc2ccccc2)C(=O)NC(C)(C)C)cc1. The van der Waals surface area contributed by atoms with Crippen molar-refractivity contribution in [2.24, 2.45) is 0 Å². The van der Waals surface area contributed by atoms with Crippen molar-refractivity contribution in [3.8, 4) is 5.75 Å². The topological polar surface area (TPSA) is 58.6 Å². The number of carbonyl (C=O) groups excluding carboxylic acids is 2. The van der Waals surface area contributed by atoms with E-state index < -0.39 is 11.6 Å². The number of rotatable bonds is 10. The second-order valence-electron chi connectivity index (χ2n) is 10.6. The molecule has 0 fully saturated rings. The molecule has 1 N–H and O–H groups in total. The van der Waals surface area contributed by atoms with E-state index in [0.717, 1.165) is 11.1 Å². The molecule has 37 heavy (non-hydrogen) atoms. The number of nitrogens with one attached hydrogen (secondary N) is 1. The molecule has 0 saturated carbocycles. The molecule has 0 aliphatic heterocycles. The highest BCUT2D eigenvalue weighted by atomic mass is 35.5. The molecule has 6 heteroatoms. The quantitative estimate of drug-likeness (QED) is 0.336. The molecule has 0 radical (unpaired) electrons. The van der Waals surface area contributed by atoms with Gasteiger partial charge in [0.25, 0.3) is 5.91 Å². The van der Waals surface area contributed by atoms with Crippen LogP contribution in [-0.4, -0.2) is 34.9 Å². The molecule has 3 aromatic carbocycles. The van der Waals surface area contributed by atoms with Crippen LogP contribution in [0.2, 0.25) is 5.02 Å². The van der Waals surface area contributed by atoms with Crippen LogP contribution in [0.1, 0.15) is 57.2 Å². The van der Waals surface area contributed by atoms with Crippen molar-refractivity contribution in [3.63, 3.8) is 0 Å². The van der Waals surface area contributed by atoms with Gasteiger partial charge < -0.3 is 15.0 Å². The first kappa shape index (κ1) is 28.3. The van der Waals surface area contributed by atoms with Crippen molar-refractivity contribution in [2.45, 2.75) is 65.1 Å². The number of nitrogens with zero attached hydrogens (tertiary/aromatic N) is 1. The summed E-state index contributed by atoms with van der Waals surface area (Å²) in [7, 11) is 0. The van der Waals surface area contributed by atoms with Gasteiger partial charge >= 0.3 is 0 Å². The van der Waals surface area contributed by atoms with Gasteiger partial charge in [0.2, 0.25) is 5.91 Å². The van der Waals surface area contributed by atoms with E-state index in [1.807, 2.05) is 93.6 Å². The Morgan fingerprint density at radius 1 is 0.919 bits per heavy atom. The van der Waals surface area contributed by atoms with Gasteiger partial charge in [-0.05, 0) is 61.6 Å². The fourth-order valence-electron chi connectivity index (χ4n) is 3.99. The van der Waals surface area contributed by atoms with Crippen LogP contribution in [0.25, 0.3) is 0 Å². The van der Waals surface area contributed by atoms with Gasteiger partial charge in [-0.1, -0.05) is 86.1 Å². The van der Waals surface area contributed by atoms with E-state index in [4.69, 9.17) is 16.3 Å². The van der Waals surface area contributed by atoms with Crippen LogP contribution < -0.4 is 10.1 Å². The molecule has 3 rings (SSSR count). The Balaban J connectivity index is 1.91. The van der Waals surface area contributed by atoms with E-state index in [1.165, 1.54) is 5.56 Å². The smallest absolute Gasteiger partial charge is 0.261 e. The molecule has 0 aliphatic rings. The highest BCUT2D eigenvalue weighted by Gasteiger charge is 2.32. The summed E-state index contributed by atoms with van der Waals surface area (Å²) in [5.41, 5.74) is 2.46. The van der Waals surface area contributed by atoms with Crippen LogP contribution in [0.5, 0.6) is 5.75 Å². The normalized spacial score (nSPS) is 12.2. The summed E-state index contributed by atoms with van der Waals surface area (Å²) in [6.45, 7) is 10.0. The number of carbonyl (C=O) groups is 2. The van der Waals surface area contributed by atoms with Crippen molar-refractivity contribution in [2.75, 3.05) is 6.61 Å². The van der Waals surface area contributed by atoms with Gasteiger partial charge in [-0.15, -0.1) is 0 Å². The summed E-state index contributed by atoms with van der Waals surface area (Å²) >= 11 is 6.47. The maximum Gasteiger partial charge on any atom is 0.261 e. The van der Waals surface area contributed by atoms with Gasteiger partial charge in [-0.25, -0.2) is 0 Å². The fraction of sp³-hybridized carbons (Fsp3) is 0.355. The number of hydrogen-bond acceptors (Lipinski definition) is 3. The van der Waals surface area contributed by atoms with Crippen molar-refractivity contribution in [3.05, 3.63) is 101 Å². The molecule has 0 unspecified atom stereocenters. The molecule has 1 atom stereocenters. The van der Waals surface area contributed by atoms with Crippen LogP contribution in [0.15, 0.2) is 78.9 Å². The molecule has 0 heterocycles. The minimum absolute atomic E-state index is 0.184. The second kappa shape index (κ2) is 12.8. The van der Waals surface area contributed by atoms with E-state index in [-0.39, 0.29) is 25.0 Å². The summed E-state index contributed by atoms with van der Waals surface area (Å²) in [5.74, 6) is 0.493. The Labute approximate surface area is 225 Å². The van der Waals surface area contributed by atoms with Crippen LogP contribution in [0, 0.1) is 0 Å². The lowest BCUT2D eigenvalue weighted by molar-refractivity contribution is -0.143. The monoisotopic (exact) mass is 520 g/mol. The van der Waals surface area contributed by atoms with Gasteiger partial charge in [0, 0.05) is 23.5 Å². The molecule has 3 aromatic rings. The minimum Gasteiger partial charge on any atom is -0.484 e. The fourth-order valence-corrected chi connectivity index (χ4v) is 4.19. The van der Waals surface area contributed by atoms with Crippen molar-refractivity contribution in [1.29, 1.82) is 0 Å². The van der Waals surface area contributed by atoms with Gasteiger partial charge in [-0.3, -0.25) is 9.59 Å². The lowest BCUT2D eigenvalue weighted by Gasteiger charge is -2.34. The third-order valence-corrected chi connectivity index (χ3v) is 6.35. The third kappa shape index (κ3) is 8.64. The number of ether oxygens (including phenoxy) is 1. The number of benzene rings is 3. The molecule has 2 amide bonds. The Morgan fingerprint density at radius 3 is 2.14 bits per heavy atom. The summed E-state index contributed by atoms with van der Waals surface area (Å²) in [6.07, 6.45) is 0.363. The van der Waals surface area contributed by atoms with Crippen molar-refractivity contribution in [1.82, 2.24) is 10.2 Å². The Kier molecular flexibility index (Phi) is 9.76. The van der Waals surface area contributed by atoms with E-state index in [9.17, 15) is 9.59 Å². The predicted octanol–water partition coefficient (Wildman–Crippen LogP) is 6.40. The van der Waals surface area contributed by atoms with Crippen molar-refractivity contribution < 1.29 is 14.3 Å². The van der Waals surface area contributed by atoms with Crippen LogP contribution in [0.3, 0.4) is 0 Å². The minimum atomic E-state index is -0.752. The maximum atomic E-state index is 13.7. The molecule has 0 aromatic heterocycles. The molecular weight excluding hydrogens is 484 g/mol. The summed E-state index contributed by atoms with van der Waals surface area (Å²) in [6, 6.07) is 24.1. The molecule has 0 aliphatic carbocycles. The molecule has 0 spiro atoms. The van der Waals surface area contributed by atoms with E-state index in [1.54, 1.807) is 11.0 Å². The first-order valence-electron chi connectivity index (χ1n) is 12.6. The highest BCUT2D eigenvalue weighted by molar-refractivity contribution is 6.31. The maximum absolute atomic E-state index is 13.7. The Hall–Kier alpha value is -3.31. The average Bonchev–Trinajstić information content (AvgIpc) is 2.85. The van der Waals surface area contributed by atoms with E-state index in [2.05, 4.69) is 19.2 Å². The first-order chi connectivity index (χ1) is 17.5. The molecule has 5 nitrogen and oxygen atoms in total. The molecule has 0 bridgehead atoms. The van der Waals surface area contributed by atoms with E-state index >= 15 is 0 Å².